The topological polar surface area (TPSA) is 125 Å². The summed E-state index contributed by atoms with van der Waals surface area (Å²) in [6.07, 6.45) is -1.70. The zero-order chi connectivity index (χ0) is 31.4. The van der Waals surface area contributed by atoms with Crippen LogP contribution in [0, 0.1) is 17.6 Å². The lowest BCUT2D eigenvalue weighted by Crippen LogP contribution is -2.53. The molecule has 1 saturated carbocycles. The molecule has 0 bridgehead atoms. The van der Waals surface area contributed by atoms with Crippen LogP contribution in [0.5, 0.6) is 5.75 Å². The number of nitrogens with one attached hydrogen (secondary N) is 1. The highest BCUT2D eigenvalue weighted by Crippen LogP contribution is 2.32. The third-order valence-electron chi connectivity index (χ3n) is 7.64. The maximum atomic E-state index is 13.8. The van der Waals surface area contributed by atoms with Crippen molar-refractivity contribution in [3.05, 3.63) is 90.0 Å². The van der Waals surface area contributed by atoms with E-state index >= 15 is 0 Å². The van der Waals surface area contributed by atoms with Gasteiger partial charge in [-0.05, 0) is 55.0 Å². The molecule has 1 heterocycles. The summed E-state index contributed by atoms with van der Waals surface area (Å²) in [5, 5.41) is 14.2. The fraction of sp³-hybridized carbons (Fsp3) is 0.355. The van der Waals surface area contributed by atoms with Gasteiger partial charge < -0.3 is 19.9 Å². The highest BCUT2D eigenvalue weighted by Gasteiger charge is 2.40. The second-order valence-corrected chi connectivity index (χ2v) is 12.8. The molecule has 0 unspecified atom stereocenters. The van der Waals surface area contributed by atoms with Crippen LogP contribution in [0.3, 0.4) is 0 Å². The van der Waals surface area contributed by atoms with Crippen LogP contribution >= 0.6 is 0 Å². The summed E-state index contributed by atoms with van der Waals surface area (Å²) in [5.41, 5.74) is 0.789. The molecule has 1 aliphatic heterocycles. The van der Waals surface area contributed by atoms with Crippen LogP contribution in [0.2, 0.25) is 0 Å². The first-order valence-corrected chi connectivity index (χ1v) is 15.6. The van der Waals surface area contributed by atoms with Gasteiger partial charge in [-0.25, -0.2) is 22.0 Å². The van der Waals surface area contributed by atoms with Gasteiger partial charge in [0.25, 0.3) is 5.91 Å². The van der Waals surface area contributed by atoms with E-state index in [-0.39, 0.29) is 42.6 Å². The van der Waals surface area contributed by atoms with Crippen molar-refractivity contribution in [2.45, 2.75) is 42.4 Å². The third-order valence-corrected chi connectivity index (χ3v) is 9.47. The number of aliphatic hydroxyl groups excluding tert-OH is 1. The Balaban J connectivity index is 1.35. The Morgan fingerprint density at radius 2 is 1.84 bits per heavy atom. The predicted octanol–water partition coefficient (Wildman–Crippen LogP) is 3.49. The van der Waals surface area contributed by atoms with Gasteiger partial charge in [-0.2, -0.15) is 4.31 Å². The summed E-state index contributed by atoms with van der Waals surface area (Å²) in [5.74, 6) is -2.44. The van der Waals surface area contributed by atoms with Crippen molar-refractivity contribution in [1.82, 2.24) is 9.62 Å². The fourth-order valence-corrected chi connectivity index (χ4v) is 6.57. The Labute approximate surface area is 254 Å². The van der Waals surface area contributed by atoms with Gasteiger partial charge >= 0.3 is 6.09 Å². The van der Waals surface area contributed by atoms with E-state index in [2.05, 4.69) is 5.32 Å². The zero-order valence-corrected chi connectivity index (χ0v) is 24.8. The van der Waals surface area contributed by atoms with Gasteiger partial charge in [0.1, 0.15) is 5.75 Å². The standard InChI is InChI=1S/C31H33F2N3O7S/c1-42-23-8-5-9-24(16-23)44(40,41)35(17-21-10-11-21)18-28(37)27(14-20-6-3-2-4-7-20)34-30(38)29-19-36(31(39)43-29)22-12-13-25(32)26(33)15-22/h2-9,12-13,15-16,21,27-29,37H,10-11,14,17-19H2,1H3,(H,34,38)/t27-,28-,29-/m0/s1. The van der Waals surface area contributed by atoms with Gasteiger partial charge in [-0.1, -0.05) is 36.4 Å². The Morgan fingerprint density at radius 1 is 1.09 bits per heavy atom. The molecule has 1 saturated heterocycles. The number of benzene rings is 3. The number of carbonyl (C=O) groups is 2. The predicted molar refractivity (Wildman–Crippen MR) is 157 cm³/mol. The van der Waals surface area contributed by atoms with Crippen molar-refractivity contribution in [2.24, 2.45) is 5.92 Å². The number of methoxy groups -OCH3 is 1. The first-order chi connectivity index (χ1) is 21.0. The highest BCUT2D eigenvalue weighted by atomic mass is 32.2. The lowest BCUT2D eigenvalue weighted by molar-refractivity contribution is -0.129. The number of hydrogen-bond donors (Lipinski definition) is 2. The smallest absolute Gasteiger partial charge is 0.415 e. The number of amides is 2. The molecule has 3 atom stereocenters. The number of carbonyl (C=O) groups excluding carboxylic acids is 2. The lowest BCUT2D eigenvalue weighted by Gasteiger charge is -2.30. The second kappa shape index (κ2) is 13.3. The fourth-order valence-electron chi connectivity index (χ4n) is 5.00. The van der Waals surface area contributed by atoms with E-state index in [1.165, 1.54) is 29.6 Å². The normalized spacial score (nSPS) is 18.2. The largest absolute Gasteiger partial charge is 0.497 e. The summed E-state index contributed by atoms with van der Waals surface area (Å²) in [6, 6.07) is 17.0. The number of halogens is 2. The SMILES string of the molecule is COc1cccc(S(=O)(=O)N(CC2CC2)C[C@H](O)[C@H](Cc2ccccc2)NC(=O)[C@@H]2CN(c3ccc(F)c(F)c3)C(=O)O2)c1. The monoisotopic (exact) mass is 629 g/mol. The van der Waals surface area contributed by atoms with Gasteiger partial charge in [0.2, 0.25) is 10.0 Å². The molecule has 0 aromatic heterocycles. The molecule has 0 radical (unpaired) electrons. The van der Waals surface area contributed by atoms with Crippen molar-refractivity contribution in [3.63, 3.8) is 0 Å². The van der Waals surface area contributed by atoms with Gasteiger partial charge in [-0.15, -0.1) is 0 Å². The van der Waals surface area contributed by atoms with E-state index in [0.717, 1.165) is 35.4 Å². The molecule has 10 nitrogen and oxygen atoms in total. The minimum atomic E-state index is -4.04. The molecule has 3 aromatic rings. The van der Waals surface area contributed by atoms with Crippen LogP contribution in [-0.4, -0.2) is 74.8 Å². The molecule has 0 spiro atoms. The Kier molecular flexibility index (Phi) is 9.47. The molecule has 2 fully saturated rings. The van der Waals surface area contributed by atoms with E-state index in [0.29, 0.717) is 5.75 Å². The number of anilines is 1. The average Bonchev–Trinajstić information content (AvgIpc) is 3.76. The van der Waals surface area contributed by atoms with Crippen LogP contribution < -0.4 is 15.0 Å². The summed E-state index contributed by atoms with van der Waals surface area (Å²) in [7, 11) is -2.60. The number of hydrogen-bond acceptors (Lipinski definition) is 7. The second-order valence-electron chi connectivity index (χ2n) is 10.9. The van der Waals surface area contributed by atoms with Crippen molar-refractivity contribution < 1.29 is 41.4 Å². The maximum absolute atomic E-state index is 13.8. The molecule has 44 heavy (non-hydrogen) atoms. The third kappa shape index (κ3) is 7.34. The van der Waals surface area contributed by atoms with Crippen LogP contribution in [0.15, 0.2) is 77.7 Å². The summed E-state index contributed by atoms with van der Waals surface area (Å²) < 4.78 is 66.3. The molecular formula is C31H33F2N3O7S. The van der Waals surface area contributed by atoms with Crippen LogP contribution in [0.4, 0.5) is 19.3 Å². The molecule has 2 N–H and O–H groups in total. The molecule has 234 valence electrons. The van der Waals surface area contributed by atoms with E-state index in [1.807, 2.05) is 6.07 Å². The summed E-state index contributed by atoms with van der Waals surface area (Å²) >= 11 is 0. The Hall–Kier alpha value is -4.07. The first kappa shape index (κ1) is 31.4. The maximum Gasteiger partial charge on any atom is 0.415 e. The number of aliphatic hydroxyl groups is 1. The quantitative estimate of drug-likeness (QED) is 0.297. The van der Waals surface area contributed by atoms with Gasteiger partial charge in [-0.3, -0.25) is 9.69 Å². The van der Waals surface area contributed by atoms with Crippen LogP contribution in [0.25, 0.3) is 0 Å². The van der Waals surface area contributed by atoms with Crippen molar-refractivity contribution >= 4 is 27.7 Å². The number of nitrogens with zero attached hydrogens (tertiary/aromatic N) is 2. The number of cyclic esters (lactones) is 1. The minimum Gasteiger partial charge on any atom is -0.497 e. The van der Waals surface area contributed by atoms with E-state index in [1.54, 1.807) is 36.4 Å². The van der Waals surface area contributed by atoms with E-state index < -0.39 is 51.9 Å². The molecule has 3 aromatic carbocycles. The highest BCUT2D eigenvalue weighted by molar-refractivity contribution is 7.89. The van der Waals surface area contributed by atoms with Crippen molar-refractivity contribution in [2.75, 3.05) is 31.6 Å². The summed E-state index contributed by atoms with van der Waals surface area (Å²) in [4.78, 5) is 26.9. The Morgan fingerprint density at radius 3 is 2.52 bits per heavy atom. The summed E-state index contributed by atoms with van der Waals surface area (Å²) in [6.45, 7) is -0.382. The van der Waals surface area contributed by atoms with Gasteiger partial charge in [0.15, 0.2) is 17.7 Å². The molecule has 2 amide bonds. The molecule has 13 heteroatoms. The first-order valence-electron chi connectivity index (χ1n) is 14.1. The molecule has 5 rings (SSSR count). The van der Waals surface area contributed by atoms with Gasteiger partial charge in [0.05, 0.1) is 36.4 Å². The van der Waals surface area contributed by atoms with Crippen molar-refractivity contribution in [3.8, 4) is 5.75 Å². The molecule has 2 aliphatic rings. The van der Waals surface area contributed by atoms with Crippen LogP contribution in [0.1, 0.15) is 18.4 Å². The minimum absolute atomic E-state index is 0.0172. The number of sulfonamides is 1. The average molecular weight is 630 g/mol. The number of ether oxygens (including phenoxy) is 2. The molecular weight excluding hydrogens is 596 g/mol. The number of rotatable bonds is 13. The molecule has 1 aliphatic carbocycles. The van der Waals surface area contributed by atoms with Gasteiger partial charge in [0, 0.05) is 25.2 Å². The van der Waals surface area contributed by atoms with Crippen molar-refractivity contribution in [1.29, 1.82) is 0 Å². The Bertz CT molecular complexity index is 1600. The van der Waals surface area contributed by atoms with E-state index in [4.69, 9.17) is 9.47 Å². The van der Waals surface area contributed by atoms with E-state index in [9.17, 15) is 31.9 Å². The van der Waals surface area contributed by atoms with Crippen LogP contribution in [-0.2, 0) is 26.0 Å². The lowest BCUT2D eigenvalue weighted by atomic mass is 10.0. The zero-order valence-electron chi connectivity index (χ0n) is 23.9.